The zero-order chi connectivity index (χ0) is 13.9. The molecule has 0 aliphatic rings. The summed E-state index contributed by atoms with van der Waals surface area (Å²) in [5.74, 6) is -0.951. The van der Waals surface area contributed by atoms with Gasteiger partial charge in [-0.2, -0.15) is 5.10 Å². The highest BCUT2D eigenvalue weighted by molar-refractivity contribution is 6.00. The van der Waals surface area contributed by atoms with Gasteiger partial charge in [0.05, 0.1) is 11.3 Å². The predicted molar refractivity (Wildman–Crippen MR) is 76.4 cm³/mol. The molecular weight excluding hydrogens is 252 g/mol. The summed E-state index contributed by atoms with van der Waals surface area (Å²) >= 11 is 0. The Morgan fingerprint density at radius 1 is 1.00 bits per heavy atom. The van der Waals surface area contributed by atoms with Crippen LogP contribution in [-0.4, -0.2) is 21.3 Å². The van der Waals surface area contributed by atoms with Gasteiger partial charge < -0.3 is 5.11 Å². The van der Waals surface area contributed by atoms with E-state index in [1.807, 2.05) is 36.4 Å². The minimum Gasteiger partial charge on any atom is -0.478 e. The smallest absolute Gasteiger partial charge is 0.336 e. The van der Waals surface area contributed by atoms with Crippen LogP contribution in [-0.2, 0) is 0 Å². The lowest BCUT2D eigenvalue weighted by Crippen LogP contribution is -2.01. The van der Waals surface area contributed by atoms with Gasteiger partial charge in [-0.05, 0) is 23.3 Å². The summed E-state index contributed by atoms with van der Waals surface area (Å²) in [5.41, 5.74) is 3.45. The number of aromatic nitrogens is 2. The van der Waals surface area contributed by atoms with E-state index in [1.54, 1.807) is 24.4 Å². The standard InChI is InChI=1S/C16H12N2O2/c19-16(20)13-8-4-7-12(11-5-2-1-3-6-11)15(13)14-9-10-17-18-14/h1-10H,(H,17,18)(H,19,20). The minimum atomic E-state index is -0.951. The number of nitrogens with one attached hydrogen (secondary N) is 1. The second-order valence-corrected chi connectivity index (χ2v) is 4.37. The van der Waals surface area contributed by atoms with Crippen LogP contribution in [0.1, 0.15) is 10.4 Å². The van der Waals surface area contributed by atoms with Crippen LogP contribution in [0.2, 0.25) is 0 Å². The Hall–Kier alpha value is -2.88. The summed E-state index contributed by atoms with van der Waals surface area (Å²) < 4.78 is 0. The van der Waals surface area contributed by atoms with Gasteiger partial charge in [0, 0.05) is 11.8 Å². The molecule has 0 aliphatic carbocycles. The molecule has 4 nitrogen and oxygen atoms in total. The van der Waals surface area contributed by atoms with Gasteiger partial charge in [0.25, 0.3) is 0 Å². The lowest BCUT2D eigenvalue weighted by molar-refractivity contribution is 0.0697. The minimum absolute atomic E-state index is 0.260. The normalized spacial score (nSPS) is 10.4. The molecule has 98 valence electrons. The Bertz CT molecular complexity index is 734. The Labute approximate surface area is 115 Å². The molecule has 0 bridgehead atoms. The Morgan fingerprint density at radius 2 is 1.80 bits per heavy atom. The van der Waals surface area contributed by atoms with Crippen LogP contribution in [0.5, 0.6) is 0 Å². The molecule has 1 heterocycles. The van der Waals surface area contributed by atoms with Gasteiger partial charge in [-0.3, -0.25) is 5.10 Å². The molecule has 0 radical (unpaired) electrons. The number of hydrogen-bond donors (Lipinski definition) is 2. The van der Waals surface area contributed by atoms with Crippen molar-refractivity contribution in [2.45, 2.75) is 0 Å². The van der Waals surface area contributed by atoms with Gasteiger partial charge in [-0.1, -0.05) is 42.5 Å². The number of aromatic amines is 1. The summed E-state index contributed by atoms with van der Waals surface area (Å²) in [6.45, 7) is 0. The number of H-pyrrole nitrogens is 1. The van der Waals surface area contributed by atoms with Crippen molar-refractivity contribution < 1.29 is 9.90 Å². The Morgan fingerprint density at radius 3 is 2.45 bits per heavy atom. The lowest BCUT2D eigenvalue weighted by Gasteiger charge is -2.11. The maximum absolute atomic E-state index is 11.5. The van der Waals surface area contributed by atoms with E-state index in [1.165, 1.54) is 0 Å². The third-order valence-electron chi connectivity index (χ3n) is 3.15. The number of nitrogens with zero attached hydrogens (tertiary/aromatic N) is 1. The number of carbonyl (C=O) groups is 1. The summed E-state index contributed by atoms with van der Waals surface area (Å²) in [6.07, 6.45) is 1.61. The average Bonchev–Trinajstić information content (AvgIpc) is 3.01. The largest absolute Gasteiger partial charge is 0.478 e. The fourth-order valence-electron chi connectivity index (χ4n) is 2.27. The first-order valence-electron chi connectivity index (χ1n) is 6.19. The van der Waals surface area contributed by atoms with Crippen molar-refractivity contribution in [3.8, 4) is 22.4 Å². The van der Waals surface area contributed by atoms with Crippen LogP contribution < -0.4 is 0 Å². The van der Waals surface area contributed by atoms with Gasteiger partial charge in [-0.15, -0.1) is 0 Å². The first-order valence-corrected chi connectivity index (χ1v) is 6.19. The monoisotopic (exact) mass is 264 g/mol. The number of hydrogen-bond acceptors (Lipinski definition) is 2. The third-order valence-corrected chi connectivity index (χ3v) is 3.15. The molecule has 0 unspecified atom stereocenters. The van der Waals surface area contributed by atoms with Crippen LogP contribution in [0.4, 0.5) is 0 Å². The highest BCUT2D eigenvalue weighted by Crippen LogP contribution is 2.33. The molecule has 3 aromatic rings. The SMILES string of the molecule is O=C(O)c1cccc(-c2ccccc2)c1-c1ccn[nH]1. The fraction of sp³-hybridized carbons (Fsp3) is 0. The number of rotatable bonds is 3. The van der Waals surface area contributed by atoms with Gasteiger partial charge in [0.2, 0.25) is 0 Å². The first kappa shape index (κ1) is 12.2. The van der Waals surface area contributed by atoms with Gasteiger partial charge >= 0.3 is 5.97 Å². The molecular formula is C16H12N2O2. The van der Waals surface area contributed by atoms with E-state index in [-0.39, 0.29) is 5.56 Å². The maximum Gasteiger partial charge on any atom is 0.336 e. The first-order chi connectivity index (χ1) is 9.77. The molecule has 0 aliphatic heterocycles. The van der Waals surface area contributed by atoms with Crippen LogP contribution in [0.15, 0.2) is 60.8 Å². The number of carboxylic acids is 1. The van der Waals surface area contributed by atoms with Crippen molar-refractivity contribution in [1.29, 1.82) is 0 Å². The average molecular weight is 264 g/mol. The van der Waals surface area contributed by atoms with E-state index in [0.717, 1.165) is 11.1 Å². The summed E-state index contributed by atoms with van der Waals surface area (Å²) in [6, 6.07) is 16.8. The van der Waals surface area contributed by atoms with E-state index in [9.17, 15) is 9.90 Å². The summed E-state index contributed by atoms with van der Waals surface area (Å²) in [5, 5.41) is 16.2. The molecule has 20 heavy (non-hydrogen) atoms. The van der Waals surface area contributed by atoms with Crippen LogP contribution in [0.25, 0.3) is 22.4 Å². The van der Waals surface area contributed by atoms with Gasteiger partial charge in [0.15, 0.2) is 0 Å². The molecule has 0 saturated heterocycles. The third kappa shape index (κ3) is 2.07. The Kier molecular flexibility index (Phi) is 3.05. The molecule has 1 aromatic heterocycles. The topological polar surface area (TPSA) is 66.0 Å². The predicted octanol–water partition coefficient (Wildman–Crippen LogP) is 3.44. The molecule has 0 amide bonds. The molecule has 0 saturated carbocycles. The lowest BCUT2D eigenvalue weighted by atomic mass is 9.93. The van der Waals surface area contributed by atoms with Crippen LogP contribution in [0.3, 0.4) is 0 Å². The number of benzene rings is 2. The van der Waals surface area contributed by atoms with Crippen molar-refractivity contribution in [2.24, 2.45) is 0 Å². The highest BCUT2D eigenvalue weighted by Gasteiger charge is 2.17. The van der Waals surface area contributed by atoms with Crippen molar-refractivity contribution in [3.63, 3.8) is 0 Å². The van der Waals surface area contributed by atoms with Gasteiger partial charge in [-0.25, -0.2) is 4.79 Å². The van der Waals surface area contributed by atoms with Crippen molar-refractivity contribution in [1.82, 2.24) is 10.2 Å². The van der Waals surface area contributed by atoms with E-state index < -0.39 is 5.97 Å². The zero-order valence-electron chi connectivity index (χ0n) is 10.6. The second-order valence-electron chi connectivity index (χ2n) is 4.37. The number of carboxylic acid groups (broad SMARTS) is 1. The van der Waals surface area contributed by atoms with E-state index in [4.69, 9.17) is 0 Å². The van der Waals surface area contributed by atoms with Crippen molar-refractivity contribution in [3.05, 3.63) is 66.4 Å². The summed E-state index contributed by atoms with van der Waals surface area (Å²) in [7, 11) is 0. The fourth-order valence-corrected chi connectivity index (χ4v) is 2.27. The van der Waals surface area contributed by atoms with Crippen molar-refractivity contribution >= 4 is 5.97 Å². The zero-order valence-corrected chi connectivity index (χ0v) is 10.6. The maximum atomic E-state index is 11.5. The number of aromatic carboxylic acids is 1. The van der Waals surface area contributed by atoms with E-state index in [0.29, 0.717) is 11.3 Å². The summed E-state index contributed by atoms with van der Waals surface area (Å²) in [4.78, 5) is 11.5. The molecule has 2 aromatic carbocycles. The van der Waals surface area contributed by atoms with Gasteiger partial charge in [0.1, 0.15) is 0 Å². The van der Waals surface area contributed by atoms with E-state index in [2.05, 4.69) is 10.2 Å². The van der Waals surface area contributed by atoms with Crippen molar-refractivity contribution in [2.75, 3.05) is 0 Å². The molecule has 2 N–H and O–H groups in total. The molecule has 0 fully saturated rings. The second kappa shape index (κ2) is 5.01. The molecule has 0 spiro atoms. The molecule has 3 rings (SSSR count). The van der Waals surface area contributed by atoms with E-state index >= 15 is 0 Å². The Balaban J connectivity index is 2.30. The van der Waals surface area contributed by atoms with Crippen LogP contribution in [0, 0.1) is 0 Å². The van der Waals surface area contributed by atoms with Crippen LogP contribution >= 0.6 is 0 Å². The molecule has 0 atom stereocenters. The highest BCUT2D eigenvalue weighted by atomic mass is 16.4. The molecule has 4 heteroatoms. The quantitative estimate of drug-likeness (QED) is 0.761.